The molecule has 1 saturated carbocycles. The van der Waals surface area contributed by atoms with Gasteiger partial charge in [0.05, 0.1) is 11.5 Å². The van der Waals surface area contributed by atoms with Crippen LogP contribution in [0, 0.1) is 0 Å². The summed E-state index contributed by atoms with van der Waals surface area (Å²) in [6.45, 7) is 0.502. The molecule has 5 rings (SSSR count). The Kier molecular flexibility index (Phi) is 4.66. The summed E-state index contributed by atoms with van der Waals surface area (Å²) < 4.78 is 0. The highest BCUT2D eigenvalue weighted by atomic mass is 16.3. The van der Waals surface area contributed by atoms with Crippen LogP contribution in [0.4, 0.5) is 5.69 Å². The average molecular weight is 405 g/mol. The van der Waals surface area contributed by atoms with E-state index in [-0.39, 0.29) is 17.9 Å². The minimum atomic E-state index is -1.27. The number of anilines is 1. The molecule has 2 amide bonds. The van der Waals surface area contributed by atoms with Gasteiger partial charge in [-0.3, -0.25) is 9.59 Å². The highest BCUT2D eigenvalue weighted by Gasteiger charge is 2.60. The van der Waals surface area contributed by atoms with E-state index < -0.39 is 11.0 Å². The van der Waals surface area contributed by atoms with Crippen molar-refractivity contribution in [2.24, 2.45) is 0 Å². The molecule has 5 nitrogen and oxygen atoms in total. The molecule has 0 aromatic heterocycles. The van der Waals surface area contributed by atoms with E-state index in [1.807, 2.05) is 47.4 Å². The topological polar surface area (TPSA) is 69.6 Å². The zero-order valence-electron chi connectivity index (χ0n) is 17.1. The van der Waals surface area contributed by atoms with Gasteiger partial charge >= 0.3 is 0 Å². The Balaban J connectivity index is 1.52. The van der Waals surface area contributed by atoms with Gasteiger partial charge in [0.2, 0.25) is 5.91 Å². The Bertz CT molecular complexity index is 967. The molecule has 2 aliphatic heterocycles. The van der Waals surface area contributed by atoms with E-state index in [1.165, 1.54) is 5.56 Å². The number of likely N-dealkylation sites (tertiary alicyclic amines) is 1. The molecule has 0 unspecified atom stereocenters. The monoisotopic (exact) mass is 404 g/mol. The summed E-state index contributed by atoms with van der Waals surface area (Å²) >= 11 is 0. The molecule has 2 heterocycles. The van der Waals surface area contributed by atoms with Gasteiger partial charge < -0.3 is 15.3 Å². The number of benzene rings is 2. The second-order valence-corrected chi connectivity index (χ2v) is 9.00. The van der Waals surface area contributed by atoms with E-state index in [0.717, 1.165) is 30.5 Å². The number of nitrogens with one attached hydrogen (secondary N) is 1. The van der Waals surface area contributed by atoms with Crippen LogP contribution < -0.4 is 5.32 Å². The summed E-state index contributed by atoms with van der Waals surface area (Å²) in [6.07, 6.45) is 4.85. The molecule has 3 aliphatic rings. The molecule has 2 aromatic carbocycles. The van der Waals surface area contributed by atoms with Crippen LogP contribution in [0.2, 0.25) is 0 Å². The van der Waals surface area contributed by atoms with Gasteiger partial charge in [-0.2, -0.15) is 0 Å². The smallest absolute Gasteiger partial charge is 0.254 e. The van der Waals surface area contributed by atoms with E-state index >= 15 is 0 Å². The summed E-state index contributed by atoms with van der Waals surface area (Å²) in [5.74, 6) is -0.206. The van der Waals surface area contributed by atoms with Crippen molar-refractivity contribution in [2.45, 2.75) is 62.0 Å². The lowest BCUT2D eigenvalue weighted by molar-refractivity contribution is -0.152. The van der Waals surface area contributed by atoms with Crippen molar-refractivity contribution in [2.75, 3.05) is 11.9 Å². The molecule has 0 bridgehead atoms. The van der Waals surface area contributed by atoms with Crippen LogP contribution in [0.1, 0.15) is 49.7 Å². The molecule has 1 saturated heterocycles. The second-order valence-electron chi connectivity index (χ2n) is 9.00. The third-order valence-electron chi connectivity index (χ3n) is 7.39. The third kappa shape index (κ3) is 2.87. The number of rotatable bonds is 4. The van der Waals surface area contributed by atoms with E-state index in [9.17, 15) is 14.7 Å². The minimum absolute atomic E-state index is 0.0181. The molecular weight excluding hydrogens is 376 g/mol. The SMILES string of the molecule is O=C(N1CC[C@@]2(C(=O)Nc3ccccc32)[C@@H]1CCc1ccccc1)C1(O)CCCC1. The van der Waals surface area contributed by atoms with E-state index in [0.29, 0.717) is 32.2 Å². The molecule has 5 heteroatoms. The molecule has 156 valence electrons. The first-order valence-electron chi connectivity index (χ1n) is 11.0. The normalized spacial score (nSPS) is 26.8. The van der Waals surface area contributed by atoms with Gasteiger partial charge in [0, 0.05) is 12.2 Å². The Labute approximate surface area is 177 Å². The molecular formula is C25H28N2O3. The summed E-state index contributed by atoms with van der Waals surface area (Å²) in [7, 11) is 0. The van der Waals surface area contributed by atoms with Crippen molar-refractivity contribution in [1.82, 2.24) is 4.90 Å². The van der Waals surface area contributed by atoms with Crippen LogP contribution in [0.3, 0.4) is 0 Å². The van der Waals surface area contributed by atoms with Crippen LogP contribution in [0.5, 0.6) is 0 Å². The number of carbonyl (C=O) groups is 2. The van der Waals surface area contributed by atoms with Crippen LogP contribution in [-0.2, 0) is 21.4 Å². The van der Waals surface area contributed by atoms with Crippen LogP contribution in [0.25, 0.3) is 0 Å². The summed E-state index contributed by atoms with van der Waals surface area (Å²) in [6, 6.07) is 17.8. The maximum atomic E-state index is 13.5. The maximum absolute atomic E-state index is 13.5. The van der Waals surface area contributed by atoms with Crippen molar-refractivity contribution >= 4 is 17.5 Å². The Morgan fingerprint density at radius 3 is 2.50 bits per heavy atom. The summed E-state index contributed by atoms with van der Waals surface area (Å²) in [4.78, 5) is 28.7. The van der Waals surface area contributed by atoms with Gasteiger partial charge in [-0.25, -0.2) is 0 Å². The molecule has 0 radical (unpaired) electrons. The number of carbonyl (C=O) groups excluding carboxylic acids is 2. The Hall–Kier alpha value is -2.66. The molecule has 2 N–H and O–H groups in total. The van der Waals surface area contributed by atoms with Gasteiger partial charge in [0.15, 0.2) is 0 Å². The van der Waals surface area contributed by atoms with Crippen LogP contribution in [-0.4, -0.2) is 40.0 Å². The quantitative estimate of drug-likeness (QED) is 0.820. The predicted octanol–water partition coefficient (Wildman–Crippen LogP) is 3.42. The minimum Gasteiger partial charge on any atom is -0.380 e. The first kappa shape index (κ1) is 19.3. The predicted molar refractivity (Wildman–Crippen MR) is 115 cm³/mol. The van der Waals surface area contributed by atoms with E-state index in [4.69, 9.17) is 0 Å². The highest BCUT2D eigenvalue weighted by molar-refractivity contribution is 6.07. The van der Waals surface area contributed by atoms with Gasteiger partial charge in [0.25, 0.3) is 5.91 Å². The number of aliphatic hydroxyl groups is 1. The van der Waals surface area contributed by atoms with Crippen molar-refractivity contribution in [3.63, 3.8) is 0 Å². The average Bonchev–Trinajstić information content (AvgIpc) is 3.45. The fourth-order valence-corrected chi connectivity index (χ4v) is 5.84. The highest BCUT2D eigenvalue weighted by Crippen LogP contribution is 2.50. The zero-order valence-corrected chi connectivity index (χ0v) is 17.1. The number of amides is 2. The van der Waals surface area contributed by atoms with Gasteiger partial charge in [-0.05, 0) is 62.1 Å². The standard InChI is InChI=1S/C25H28N2O3/c28-22-25(19-10-4-5-11-20(19)26-22)16-17-27(23(29)24(30)14-6-7-15-24)21(25)13-12-18-8-2-1-3-9-18/h1-5,8-11,21,30H,6-7,12-17H2,(H,26,28)/t21-,25-/m0/s1. The van der Waals surface area contributed by atoms with E-state index in [2.05, 4.69) is 17.4 Å². The summed E-state index contributed by atoms with van der Waals surface area (Å²) in [5, 5.41) is 14.1. The molecule has 1 aliphatic carbocycles. The fraction of sp³-hybridized carbons (Fsp3) is 0.440. The number of hydrogen-bond acceptors (Lipinski definition) is 3. The number of aryl methyl sites for hydroxylation is 1. The van der Waals surface area contributed by atoms with Gasteiger partial charge in [0.1, 0.15) is 5.60 Å². The Morgan fingerprint density at radius 1 is 1.03 bits per heavy atom. The lowest BCUT2D eigenvalue weighted by atomic mass is 9.73. The fourth-order valence-electron chi connectivity index (χ4n) is 5.84. The lowest BCUT2D eigenvalue weighted by Gasteiger charge is -2.37. The second kappa shape index (κ2) is 7.24. The first-order chi connectivity index (χ1) is 14.5. The summed E-state index contributed by atoms with van der Waals surface area (Å²) in [5.41, 5.74) is 1.02. The molecule has 30 heavy (non-hydrogen) atoms. The van der Waals surface area contributed by atoms with Gasteiger partial charge in [-0.15, -0.1) is 0 Å². The number of para-hydroxylation sites is 1. The Morgan fingerprint density at radius 2 is 1.73 bits per heavy atom. The maximum Gasteiger partial charge on any atom is 0.254 e. The number of nitrogens with zero attached hydrogens (tertiary/aromatic N) is 1. The van der Waals surface area contributed by atoms with Crippen LogP contribution >= 0.6 is 0 Å². The molecule has 2 aromatic rings. The van der Waals surface area contributed by atoms with Crippen molar-refractivity contribution < 1.29 is 14.7 Å². The molecule has 2 fully saturated rings. The lowest BCUT2D eigenvalue weighted by Crippen LogP contribution is -2.54. The largest absolute Gasteiger partial charge is 0.380 e. The van der Waals surface area contributed by atoms with E-state index in [1.54, 1.807) is 0 Å². The van der Waals surface area contributed by atoms with Crippen molar-refractivity contribution in [3.8, 4) is 0 Å². The number of hydrogen-bond donors (Lipinski definition) is 2. The number of fused-ring (bicyclic) bond motifs is 2. The first-order valence-corrected chi connectivity index (χ1v) is 11.0. The molecule has 1 spiro atoms. The van der Waals surface area contributed by atoms with Crippen molar-refractivity contribution in [3.05, 3.63) is 65.7 Å². The zero-order chi connectivity index (χ0) is 20.8. The van der Waals surface area contributed by atoms with Crippen molar-refractivity contribution in [1.29, 1.82) is 0 Å². The van der Waals surface area contributed by atoms with Gasteiger partial charge in [-0.1, -0.05) is 48.5 Å². The molecule has 2 atom stereocenters. The third-order valence-corrected chi connectivity index (χ3v) is 7.39. The van der Waals surface area contributed by atoms with Crippen LogP contribution in [0.15, 0.2) is 54.6 Å².